The summed E-state index contributed by atoms with van der Waals surface area (Å²) < 4.78 is 75.4. The number of rotatable bonds is 9. The largest absolute Gasteiger partial charge is 0.460 e. The molecule has 1 N–H and O–H groups in total. The Labute approximate surface area is 119 Å². The molecule has 124 valence electrons. The standard InChI is InChI=1S/C9H11F5O6S/c1-5(2)6(15)17-3-4-18-7(8(10,11)12)9(13,14)21-20-19-16/h7,16H,1,3-4H2,2H3. The second kappa shape index (κ2) is 8.48. The Kier molecular flexibility index (Phi) is 8.10. The normalized spacial score (nSPS) is 13.9. The average Bonchev–Trinajstić information content (AvgIpc) is 2.33. The molecule has 0 saturated carbocycles. The third-order valence-electron chi connectivity index (χ3n) is 1.73. The molecule has 21 heavy (non-hydrogen) atoms. The van der Waals surface area contributed by atoms with Gasteiger partial charge in [-0.15, -0.1) is 4.33 Å². The van der Waals surface area contributed by atoms with Crippen LogP contribution in [0, 0.1) is 0 Å². The maximum atomic E-state index is 13.2. The van der Waals surface area contributed by atoms with E-state index in [-0.39, 0.29) is 5.57 Å². The Bertz CT molecular complexity index is 361. The molecule has 12 heteroatoms. The van der Waals surface area contributed by atoms with Crippen LogP contribution in [0.3, 0.4) is 0 Å². The van der Waals surface area contributed by atoms with E-state index in [4.69, 9.17) is 5.26 Å². The monoisotopic (exact) mass is 342 g/mol. The lowest BCUT2D eigenvalue weighted by atomic mass is 10.3. The first kappa shape index (κ1) is 20.1. The summed E-state index contributed by atoms with van der Waals surface area (Å²) in [6, 6.07) is 0. The fourth-order valence-corrected chi connectivity index (χ4v) is 1.32. The van der Waals surface area contributed by atoms with Crippen LogP contribution in [0.5, 0.6) is 0 Å². The van der Waals surface area contributed by atoms with Gasteiger partial charge in [-0.05, 0) is 6.92 Å². The molecule has 0 aliphatic carbocycles. The highest BCUT2D eigenvalue weighted by molar-refractivity contribution is 7.95. The van der Waals surface area contributed by atoms with Crippen molar-refractivity contribution in [3.8, 4) is 0 Å². The highest BCUT2D eigenvalue weighted by Gasteiger charge is 2.58. The van der Waals surface area contributed by atoms with Crippen molar-refractivity contribution in [3.05, 3.63) is 12.2 Å². The molecule has 0 bridgehead atoms. The van der Waals surface area contributed by atoms with Crippen LogP contribution >= 0.6 is 12.0 Å². The molecule has 0 aliphatic rings. The molecule has 0 aromatic carbocycles. The van der Waals surface area contributed by atoms with E-state index in [1.54, 1.807) is 0 Å². The molecule has 0 radical (unpaired) electrons. The quantitative estimate of drug-likeness (QED) is 0.131. The predicted molar refractivity (Wildman–Crippen MR) is 58.9 cm³/mol. The highest BCUT2D eigenvalue weighted by Crippen LogP contribution is 2.42. The Morgan fingerprint density at radius 1 is 1.29 bits per heavy atom. The highest BCUT2D eigenvalue weighted by atomic mass is 32.2. The van der Waals surface area contributed by atoms with Crippen LogP contribution in [0.4, 0.5) is 22.0 Å². The van der Waals surface area contributed by atoms with Crippen molar-refractivity contribution in [2.45, 2.75) is 24.5 Å². The first-order chi connectivity index (χ1) is 9.52. The van der Waals surface area contributed by atoms with Gasteiger partial charge in [-0.3, -0.25) is 0 Å². The molecule has 0 rings (SSSR count). The van der Waals surface area contributed by atoms with Gasteiger partial charge in [0.25, 0.3) is 0 Å². The van der Waals surface area contributed by atoms with Crippen LogP contribution in [0.1, 0.15) is 6.92 Å². The van der Waals surface area contributed by atoms with Gasteiger partial charge in [0, 0.05) is 5.57 Å². The predicted octanol–water partition coefficient (Wildman–Crippen LogP) is 2.72. The van der Waals surface area contributed by atoms with Crippen LogP contribution in [-0.2, 0) is 23.6 Å². The fourth-order valence-electron chi connectivity index (χ4n) is 0.910. The Balaban J connectivity index is 4.52. The Hall–Kier alpha value is -0.950. The SMILES string of the molecule is C=C(C)C(=O)OCCOC(C(F)(F)F)C(F)(F)SOOO. The molecule has 0 saturated heterocycles. The van der Waals surface area contributed by atoms with Gasteiger partial charge in [-0.2, -0.15) is 22.0 Å². The number of ether oxygens (including phenoxy) is 2. The van der Waals surface area contributed by atoms with Crippen molar-refractivity contribution in [2.24, 2.45) is 0 Å². The van der Waals surface area contributed by atoms with Crippen molar-refractivity contribution >= 4 is 18.0 Å². The minimum absolute atomic E-state index is 0.0169. The molecular weight excluding hydrogens is 331 g/mol. The van der Waals surface area contributed by atoms with Crippen LogP contribution < -0.4 is 0 Å². The maximum Gasteiger partial charge on any atom is 0.421 e. The van der Waals surface area contributed by atoms with Gasteiger partial charge < -0.3 is 9.47 Å². The summed E-state index contributed by atoms with van der Waals surface area (Å²) in [5, 5.41) is 5.87. The zero-order chi connectivity index (χ0) is 16.7. The van der Waals surface area contributed by atoms with E-state index in [1.165, 1.54) is 6.92 Å². The number of hydrogen-bond acceptors (Lipinski definition) is 7. The van der Waals surface area contributed by atoms with E-state index >= 15 is 0 Å². The molecule has 0 aliphatic heterocycles. The lowest BCUT2D eigenvalue weighted by molar-refractivity contribution is -0.434. The van der Waals surface area contributed by atoms with E-state index in [1.807, 2.05) is 0 Å². The van der Waals surface area contributed by atoms with E-state index in [0.29, 0.717) is 0 Å². The molecule has 0 aromatic heterocycles. The number of halogens is 5. The van der Waals surface area contributed by atoms with Crippen molar-refractivity contribution in [1.82, 2.24) is 0 Å². The summed E-state index contributed by atoms with van der Waals surface area (Å²) in [5.74, 6) is -0.902. The molecule has 1 atom stereocenters. The van der Waals surface area contributed by atoms with E-state index in [2.05, 4.69) is 25.4 Å². The van der Waals surface area contributed by atoms with Crippen molar-refractivity contribution in [2.75, 3.05) is 13.2 Å². The average molecular weight is 342 g/mol. The topological polar surface area (TPSA) is 74.2 Å². The van der Waals surface area contributed by atoms with Crippen molar-refractivity contribution in [3.63, 3.8) is 0 Å². The van der Waals surface area contributed by atoms with Crippen molar-refractivity contribution in [1.29, 1.82) is 0 Å². The van der Waals surface area contributed by atoms with Gasteiger partial charge in [-0.25, -0.2) is 10.1 Å². The zero-order valence-corrected chi connectivity index (χ0v) is 11.3. The molecule has 0 heterocycles. The summed E-state index contributed by atoms with van der Waals surface area (Å²) in [7, 11) is 0. The molecule has 0 fully saturated rings. The van der Waals surface area contributed by atoms with E-state index < -0.39 is 48.8 Å². The number of alkyl halides is 5. The number of carbonyl (C=O) groups excluding carboxylic acids is 1. The Morgan fingerprint density at radius 2 is 1.86 bits per heavy atom. The summed E-state index contributed by atoms with van der Waals surface area (Å²) >= 11 is -1.09. The molecule has 1 unspecified atom stereocenters. The second-order valence-electron chi connectivity index (χ2n) is 3.50. The van der Waals surface area contributed by atoms with Crippen LogP contribution in [0.15, 0.2) is 12.2 Å². The van der Waals surface area contributed by atoms with Gasteiger partial charge in [0.2, 0.25) is 6.10 Å². The molecule has 0 amide bonds. The first-order valence-corrected chi connectivity index (χ1v) is 5.81. The van der Waals surface area contributed by atoms with E-state index in [9.17, 15) is 26.7 Å². The van der Waals surface area contributed by atoms with Crippen LogP contribution in [0.25, 0.3) is 0 Å². The summed E-state index contributed by atoms with van der Waals surface area (Å²) in [5.41, 5.74) is -0.0169. The van der Waals surface area contributed by atoms with Crippen molar-refractivity contribution < 1.29 is 50.8 Å². The zero-order valence-electron chi connectivity index (χ0n) is 10.5. The molecular formula is C9H11F5O6S. The van der Waals surface area contributed by atoms with Crippen LogP contribution in [-0.4, -0.2) is 42.0 Å². The summed E-state index contributed by atoms with van der Waals surface area (Å²) in [6.07, 6.45) is -9.00. The molecule has 0 spiro atoms. The summed E-state index contributed by atoms with van der Waals surface area (Å²) in [4.78, 5) is 10.9. The first-order valence-electron chi connectivity index (χ1n) is 5.07. The minimum Gasteiger partial charge on any atom is -0.460 e. The minimum atomic E-state index is -5.44. The lowest BCUT2D eigenvalue weighted by Gasteiger charge is -2.26. The van der Waals surface area contributed by atoms with Gasteiger partial charge in [0.05, 0.1) is 6.61 Å². The van der Waals surface area contributed by atoms with Gasteiger partial charge in [0.15, 0.2) is 0 Å². The smallest absolute Gasteiger partial charge is 0.421 e. The van der Waals surface area contributed by atoms with Gasteiger partial charge >= 0.3 is 17.4 Å². The number of carbonyl (C=O) groups is 1. The third-order valence-corrected chi connectivity index (χ3v) is 2.29. The Morgan fingerprint density at radius 3 is 2.29 bits per heavy atom. The van der Waals surface area contributed by atoms with E-state index in [0.717, 1.165) is 0 Å². The molecule has 0 aromatic rings. The molecule has 6 nitrogen and oxygen atoms in total. The van der Waals surface area contributed by atoms with Gasteiger partial charge in [-0.1, -0.05) is 11.6 Å². The van der Waals surface area contributed by atoms with Gasteiger partial charge in [0.1, 0.15) is 18.6 Å². The second-order valence-corrected chi connectivity index (χ2v) is 4.34. The van der Waals surface area contributed by atoms with Crippen LogP contribution in [0.2, 0.25) is 0 Å². The third kappa shape index (κ3) is 7.57. The summed E-state index contributed by atoms with van der Waals surface area (Å²) in [6.45, 7) is 2.87. The lowest BCUT2D eigenvalue weighted by Crippen LogP contribution is -2.45. The number of esters is 1. The maximum absolute atomic E-state index is 13.2. The fraction of sp³-hybridized carbons (Fsp3) is 0.667. The number of hydrogen-bond donors (Lipinski definition) is 1.